The highest BCUT2D eigenvalue weighted by Gasteiger charge is 2.43. The molecule has 21 aromatic carbocycles. The summed E-state index contributed by atoms with van der Waals surface area (Å²) < 4.78 is 0. The summed E-state index contributed by atoms with van der Waals surface area (Å²) in [6, 6.07) is 165. The molecule has 6 aliphatic carbocycles. The third-order valence-corrected chi connectivity index (χ3v) is 33.2. The first-order valence-electron chi connectivity index (χ1n) is 49.9. The molecule has 140 heavy (non-hydrogen) atoms. The largest absolute Gasteiger partial charge is 0.310 e. The highest BCUT2D eigenvalue weighted by atomic mass is 15.1. The van der Waals surface area contributed by atoms with E-state index >= 15 is 0 Å². The van der Waals surface area contributed by atoms with E-state index in [0.717, 1.165) is 34.1 Å². The molecule has 2 heteroatoms. The number of rotatable bonds is 12. The summed E-state index contributed by atoms with van der Waals surface area (Å²) in [6.07, 6.45) is 0. The van der Waals surface area contributed by atoms with Crippen LogP contribution in [0, 0.1) is 0 Å². The molecule has 0 aromatic heterocycles. The zero-order valence-corrected chi connectivity index (χ0v) is 81.5. The molecule has 0 aliphatic heterocycles. The summed E-state index contributed by atoms with van der Waals surface area (Å²) >= 11 is 0. The topological polar surface area (TPSA) is 6.48 Å². The highest BCUT2D eigenvalue weighted by molar-refractivity contribution is 6.14. The minimum absolute atomic E-state index is 0.0513. The molecular formula is C138H108N2. The SMILES string of the molecule is CC1(C)c2ccccc2-c2ccc(-c3ccc(N(c4ccc(-c5ccc6c(c5)C(C)(C)c5ccccc5-6)cc4)c4ccc5c(c4)C(C)(C)c4cc(-c6cc7ccccc7c7ccccc67)ccc4-5)cc3)cc21.CC1(C)c2ccccc2-c2ccc(-c3ccc(N(c4ccc(-c5ccc6c(c5)C(C)(C)c5ccccc5-6)cc4)c4ccc5c(c4)C(C)(C)c4cc(-c6cccc7ccccc67)ccc4-5)cc3)cc21. The van der Waals surface area contributed by atoms with Gasteiger partial charge in [-0.25, -0.2) is 0 Å². The predicted molar refractivity (Wildman–Crippen MR) is 593 cm³/mol. The molecular weight excluding hydrogens is 1690 g/mol. The van der Waals surface area contributed by atoms with Crippen LogP contribution in [0.1, 0.15) is 150 Å². The maximum Gasteiger partial charge on any atom is 0.0465 e. The summed E-state index contributed by atoms with van der Waals surface area (Å²) in [6.45, 7) is 28.5. The lowest BCUT2D eigenvalue weighted by Gasteiger charge is -2.28. The lowest BCUT2D eigenvalue weighted by atomic mass is 9.81. The second-order valence-electron chi connectivity index (χ2n) is 43.0. The lowest BCUT2D eigenvalue weighted by molar-refractivity contribution is 0.660. The van der Waals surface area contributed by atoms with Crippen molar-refractivity contribution in [2.24, 2.45) is 0 Å². The standard InChI is InChI=1S/C71H55N.C67H53N/c1-69(2)63-21-13-11-19-56(63)58-35-27-46(40-65(58)69)44-23-30-50(31-24-44)72(51-32-25-45(26-33-51)47-28-36-59-57-20-12-14-22-64(57)70(3,4)66(59)41-47)52-34-38-61-60-37-29-49(42-67(60)71(5,6)68(61)43-52)62-39-48-15-7-8-16-53(48)54-17-9-10-18-55(54)62;1-65(2)59-20-11-9-17-53(59)55-34-26-45(38-61(55)65)42-22-29-48(30-23-42)68(49-31-24-43(25-32-49)46-27-35-56-54-18-10-12-21-60(54)66(3,4)62(56)39-46)50-33-37-58-57-36-28-47(40-63(57)67(5,6)64(58)41-50)52-19-13-15-44-14-7-8-16-51(44)52/h7-43H,1-6H3;7-41H,1-6H3. The van der Waals surface area contributed by atoms with Crippen molar-refractivity contribution in [2.75, 3.05) is 9.80 Å². The van der Waals surface area contributed by atoms with Crippen molar-refractivity contribution < 1.29 is 0 Å². The molecule has 0 spiro atoms. The third-order valence-electron chi connectivity index (χ3n) is 33.2. The van der Waals surface area contributed by atoms with Crippen molar-refractivity contribution in [2.45, 2.75) is 116 Å². The fraction of sp³-hybridized carbons (Fsp3) is 0.130. The van der Waals surface area contributed by atoms with Crippen LogP contribution < -0.4 is 9.80 Å². The van der Waals surface area contributed by atoms with Crippen LogP contribution in [0.15, 0.2) is 437 Å². The second kappa shape index (κ2) is 31.3. The van der Waals surface area contributed by atoms with E-state index < -0.39 is 0 Å². The Morgan fingerprint density at radius 2 is 0.336 bits per heavy atom. The van der Waals surface area contributed by atoms with Gasteiger partial charge in [0, 0.05) is 66.6 Å². The fourth-order valence-corrected chi connectivity index (χ4v) is 25.5. The molecule has 0 heterocycles. The normalized spacial score (nSPS) is 14.9. The van der Waals surface area contributed by atoms with Gasteiger partial charge in [-0.15, -0.1) is 0 Å². The number of nitrogens with zero attached hydrogens (tertiary/aromatic N) is 2. The maximum absolute atomic E-state index is 2.47. The Labute approximate surface area is 823 Å². The van der Waals surface area contributed by atoms with Gasteiger partial charge < -0.3 is 9.80 Å². The molecule has 0 fully saturated rings. The number of hydrogen-bond donors (Lipinski definition) is 0. The summed E-state index contributed by atoms with van der Waals surface area (Å²) in [5.74, 6) is 0. The Kier molecular flexibility index (Phi) is 18.9. The first-order chi connectivity index (χ1) is 67.9. The first kappa shape index (κ1) is 84.5. The first-order valence-corrected chi connectivity index (χ1v) is 49.9. The zero-order chi connectivity index (χ0) is 94.8. The molecule has 0 N–H and O–H groups in total. The maximum atomic E-state index is 2.47. The van der Waals surface area contributed by atoms with Gasteiger partial charge in [-0.05, 0) is 348 Å². The van der Waals surface area contributed by atoms with Gasteiger partial charge in [0.05, 0.1) is 0 Å². The Morgan fingerprint density at radius 1 is 0.121 bits per heavy atom. The molecule has 670 valence electrons. The zero-order valence-electron chi connectivity index (χ0n) is 81.5. The molecule has 6 aliphatic rings. The number of fused-ring (bicyclic) bond motifs is 22. The smallest absolute Gasteiger partial charge is 0.0465 e. The lowest BCUT2D eigenvalue weighted by Crippen LogP contribution is -2.16. The molecule has 27 rings (SSSR count). The molecule has 0 saturated carbocycles. The molecule has 0 atom stereocenters. The predicted octanol–water partition coefficient (Wildman–Crippen LogP) is 37.6. The van der Waals surface area contributed by atoms with Crippen LogP contribution in [-0.2, 0) is 32.5 Å². The molecule has 0 bridgehead atoms. The Balaban J connectivity index is 0.000000144. The van der Waals surface area contributed by atoms with Gasteiger partial charge in [0.15, 0.2) is 0 Å². The minimum atomic E-state index is -0.231. The van der Waals surface area contributed by atoms with E-state index in [1.807, 2.05) is 0 Å². The molecule has 0 saturated heterocycles. The van der Waals surface area contributed by atoms with E-state index in [9.17, 15) is 0 Å². The quantitative estimate of drug-likeness (QED) is 0.113. The molecule has 0 unspecified atom stereocenters. The summed E-state index contributed by atoms with van der Waals surface area (Å²) in [7, 11) is 0. The van der Waals surface area contributed by atoms with E-state index in [-0.39, 0.29) is 32.5 Å². The van der Waals surface area contributed by atoms with E-state index in [1.165, 1.54) is 233 Å². The highest BCUT2D eigenvalue weighted by Crippen LogP contribution is 2.59. The second-order valence-corrected chi connectivity index (χ2v) is 43.0. The van der Waals surface area contributed by atoms with Crippen molar-refractivity contribution >= 4 is 66.4 Å². The number of anilines is 6. The molecule has 0 amide bonds. The number of benzene rings is 21. The van der Waals surface area contributed by atoms with Crippen molar-refractivity contribution in [1.29, 1.82) is 0 Å². The van der Waals surface area contributed by atoms with E-state index in [0.29, 0.717) is 0 Å². The van der Waals surface area contributed by atoms with Crippen LogP contribution >= 0.6 is 0 Å². The van der Waals surface area contributed by atoms with E-state index in [4.69, 9.17) is 0 Å². The average molecular weight is 1790 g/mol. The third kappa shape index (κ3) is 13.0. The van der Waals surface area contributed by atoms with Crippen LogP contribution in [-0.4, -0.2) is 0 Å². The van der Waals surface area contributed by atoms with Crippen LogP contribution in [0.5, 0.6) is 0 Å². The summed E-state index contributed by atoms with van der Waals surface area (Å²) in [5, 5.41) is 7.70. The van der Waals surface area contributed by atoms with Crippen molar-refractivity contribution in [1.82, 2.24) is 0 Å². The molecule has 0 radical (unpaired) electrons. The van der Waals surface area contributed by atoms with Gasteiger partial charge in [0.25, 0.3) is 0 Å². The monoisotopic (exact) mass is 1790 g/mol. The number of hydrogen-bond acceptors (Lipinski definition) is 2. The average Bonchev–Trinajstić information content (AvgIpc) is 1.55. The summed E-state index contributed by atoms with van der Waals surface area (Å²) in [5.41, 5.74) is 53.7. The van der Waals surface area contributed by atoms with Crippen LogP contribution in [0.2, 0.25) is 0 Å². The van der Waals surface area contributed by atoms with Gasteiger partial charge in [-0.1, -0.05) is 405 Å². The van der Waals surface area contributed by atoms with Crippen molar-refractivity contribution in [3.63, 3.8) is 0 Å². The van der Waals surface area contributed by atoms with Crippen LogP contribution in [0.4, 0.5) is 34.1 Å². The Bertz CT molecular complexity index is 8460. The van der Waals surface area contributed by atoms with Gasteiger partial charge in [0.1, 0.15) is 0 Å². The van der Waals surface area contributed by atoms with E-state index in [2.05, 4.69) is 530 Å². The minimum Gasteiger partial charge on any atom is -0.310 e. The Hall–Kier alpha value is -16.0. The fourth-order valence-electron chi connectivity index (χ4n) is 25.5. The molecule has 2 nitrogen and oxygen atoms in total. The van der Waals surface area contributed by atoms with Gasteiger partial charge >= 0.3 is 0 Å². The van der Waals surface area contributed by atoms with Gasteiger partial charge in [-0.2, -0.15) is 0 Å². The van der Waals surface area contributed by atoms with Crippen molar-refractivity contribution in [3.8, 4) is 134 Å². The molecule has 21 aromatic rings. The van der Waals surface area contributed by atoms with Gasteiger partial charge in [0.2, 0.25) is 0 Å². The van der Waals surface area contributed by atoms with E-state index in [1.54, 1.807) is 0 Å². The van der Waals surface area contributed by atoms with Crippen LogP contribution in [0.25, 0.3) is 166 Å². The van der Waals surface area contributed by atoms with Crippen molar-refractivity contribution in [3.05, 3.63) is 504 Å². The Morgan fingerprint density at radius 3 is 0.679 bits per heavy atom. The van der Waals surface area contributed by atoms with Crippen LogP contribution in [0.3, 0.4) is 0 Å². The van der Waals surface area contributed by atoms with Gasteiger partial charge in [-0.3, -0.25) is 0 Å². The summed E-state index contributed by atoms with van der Waals surface area (Å²) in [4.78, 5) is 4.89.